The standard InChI is InChI=1S/C17H28BrN3/c1-5-8-19-14(3)16-7-6-15(18)11-17(16)21-10-9-20(4)13(2)12-21/h6-7,11,13-14,19H,5,8-10,12H2,1-4H3. The molecule has 0 radical (unpaired) electrons. The van der Waals surface area contributed by atoms with Crippen LogP contribution in [0.4, 0.5) is 5.69 Å². The Kier molecular flexibility index (Phi) is 6.08. The van der Waals surface area contributed by atoms with E-state index < -0.39 is 0 Å². The van der Waals surface area contributed by atoms with Crippen molar-refractivity contribution in [3.8, 4) is 0 Å². The van der Waals surface area contributed by atoms with Crippen molar-refractivity contribution < 1.29 is 0 Å². The first kappa shape index (κ1) is 16.8. The number of benzene rings is 1. The van der Waals surface area contributed by atoms with Crippen LogP contribution in [0, 0.1) is 0 Å². The maximum atomic E-state index is 3.63. The third-order valence-electron chi connectivity index (χ3n) is 4.46. The van der Waals surface area contributed by atoms with Crippen molar-refractivity contribution in [3.63, 3.8) is 0 Å². The van der Waals surface area contributed by atoms with Gasteiger partial charge >= 0.3 is 0 Å². The number of rotatable bonds is 5. The number of nitrogens with zero attached hydrogens (tertiary/aromatic N) is 2. The van der Waals surface area contributed by atoms with Crippen molar-refractivity contribution >= 4 is 21.6 Å². The van der Waals surface area contributed by atoms with E-state index in [0.717, 1.165) is 30.7 Å². The summed E-state index contributed by atoms with van der Waals surface area (Å²) in [5.74, 6) is 0. The maximum absolute atomic E-state index is 3.63. The Morgan fingerprint density at radius 3 is 2.81 bits per heavy atom. The van der Waals surface area contributed by atoms with E-state index in [-0.39, 0.29) is 0 Å². The first-order valence-corrected chi connectivity index (χ1v) is 8.80. The number of hydrogen-bond acceptors (Lipinski definition) is 3. The molecule has 1 heterocycles. The van der Waals surface area contributed by atoms with Crippen molar-refractivity contribution in [1.82, 2.24) is 10.2 Å². The molecule has 0 amide bonds. The van der Waals surface area contributed by atoms with E-state index in [9.17, 15) is 0 Å². The average Bonchev–Trinajstić information content (AvgIpc) is 2.47. The summed E-state index contributed by atoms with van der Waals surface area (Å²) < 4.78 is 1.16. The Morgan fingerprint density at radius 1 is 1.38 bits per heavy atom. The number of anilines is 1. The van der Waals surface area contributed by atoms with Crippen LogP contribution in [0.15, 0.2) is 22.7 Å². The first-order valence-electron chi connectivity index (χ1n) is 8.01. The lowest BCUT2D eigenvalue weighted by atomic mass is 10.0. The third-order valence-corrected chi connectivity index (χ3v) is 4.95. The van der Waals surface area contributed by atoms with Gasteiger partial charge in [0, 0.05) is 41.9 Å². The second kappa shape index (κ2) is 7.61. The van der Waals surface area contributed by atoms with Gasteiger partial charge < -0.3 is 15.1 Å². The molecule has 0 aliphatic carbocycles. The molecule has 2 rings (SSSR count). The van der Waals surface area contributed by atoms with Gasteiger partial charge in [0.05, 0.1) is 0 Å². The molecular formula is C17H28BrN3. The highest BCUT2D eigenvalue weighted by Gasteiger charge is 2.23. The SMILES string of the molecule is CCCNC(C)c1ccc(Br)cc1N1CCN(C)C(C)C1. The summed E-state index contributed by atoms with van der Waals surface area (Å²) in [6.45, 7) is 11.2. The Hall–Kier alpha value is -0.580. The normalized spacial score (nSPS) is 21.6. The fourth-order valence-electron chi connectivity index (χ4n) is 2.89. The lowest BCUT2D eigenvalue weighted by Crippen LogP contribution is -2.50. The van der Waals surface area contributed by atoms with Crippen LogP contribution >= 0.6 is 15.9 Å². The molecule has 1 aromatic rings. The summed E-state index contributed by atoms with van der Waals surface area (Å²) >= 11 is 3.63. The first-order chi connectivity index (χ1) is 10.0. The molecule has 1 aliphatic rings. The highest BCUT2D eigenvalue weighted by Crippen LogP contribution is 2.31. The maximum Gasteiger partial charge on any atom is 0.0426 e. The Morgan fingerprint density at radius 2 is 2.14 bits per heavy atom. The molecule has 1 aliphatic heterocycles. The molecule has 0 spiro atoms. The topological polar surface area (TPSA) is 18.5 Å². The van der Waals surface area contributed by atoms with Gasteiger partial charge in [-0.15, -0.1) is 0 Å². The molecule has 1 fully saturated rings. The molecule has 0 aromatic heterocycles. The third kappa shape index (κ3) is 4.21. The second-order valence-electron chi connectivity index (χ2n) is 6.15. The van der Waals surface area contributed by atoms with Crippen LogP contribution in [0.25, 0.3) is 0 Å². The minimum Gasteiger partial charge on any atom is -0.368 e. The number of piperazine rings is 1. The van der Waals surface area contributed by atoms with Gasteiger partial charge in [0.2, 0.25) is 0 Å². The van der Waals surface area contributed by atoms with Gasteiger partial charge in [0.1, 0.15) is 0 Å². The summed E-state index contributed by atoms with van der Waals surface area (Å²) in [7, 11) is 2.22. The molecule has 1 saturated heterocycles. The van der Waals surface area contributed by atoms with Crippen LogP contribution in [0.3, 0.4) is 0 Å². The molecule has 21 heavy (non-hydrogen) atoms. The van der Waals surface area contributed by atoms with Crippen LogP contribution in [0.1, 0.15) is 38.8 Å². The van der Waals surface area contributed by atoms with Gasteiger partial charge in [0.25, 0.3) is 0 Å². The van der Waals surface area contributed by atoms with Gasteiger partial charge in [-0.25, -0.2) is 0 Å². The Labute approximate surface area is 137 Å². The number of halogens is 1. The number of hydrogen-bond donors (Lipinski definition) is 1. The van der Waals surface area contributed by atoms with Crippen LogP contribution in [-0.4, -0.2) is 44.2 Å². The molecule has 4 heteroatoms. The zero-order valence-electron chi connectivity index (χ0n) is 13.7. The number of likely N-dealkylation sites (N-methyl/N-ethyl adjacent to an activating group) is 1. The molecule has 2 atom stereocenters. The molecular weight excluding hydrogens is 326 g/mol. The van der Waals surface area contributed by atoms with Crippen LogP contribution in [0.5, 0.6) is 0 Å². The smallest absolute Gasteiger partial charge is 0.0426 e. The predicted molar refractivity (Wildman–Crippen MR) is 95.2 cm³/mol. The molecule has 2 unspecified atom stereocenters. The lowest BCUT2D eigenvalue weighted by Gasteiger charge is -2.40. The zero-order chi connectivity index (χ0) is 15.4. The highest BCUT2D eigenvalue weighted by molar-refractivity contribution is 9.10. The van der Waals surface area contributed by atoms with E-state index >= 15 is 0 Å². The number of nitrogens with one attached hydrogen (secondary N) is 1. The second-order valence-corrected chi connectivity index (χ2v) is 7.07. The Balaban J connectivity index is 2.22. The Bertz CT molecular complexity index is 463. The van der Waals surface area contributed by atoms with Crippen LogP contribution < -0.4 is 10.2 Å². The molecule has 3 nitrogen and oxygen atoms in total. The van der Waals surface area contributed by atoms with E-state index in [4.69, 9.17) is 0 Å². The van der Waals surface area contributed by atoms with E-state index in [0.29, 0.717) is 12.1 Å². The molecule has 1 N–H and O–H groups in total. The van der Waals surface area contributed by atoms with Gasteiger partial charge in [-0.1, -0.05) is 28.9 Å². The van der Waals surface area contributed by atoms with E-state index in [1.807, 2.05) is 0 Å². The minimum atomic E-state index is 0.392. The monoisotopic (exact) mass is 353 g/mol. The highest BCUT2D eigenvalue weighted by atomic mass is 79.9. The van der Waals surface area contributed by atoms with Crippen LogP contribution in [-0.2, 0) is 0 Å². The summed E-state index contributed by atoms with van der Waals surface area (Å²) in [4.78, 5) is 4.97. The van der Waals surface area contributed by atoms with Crippen molar-refractivity contribution in [2.24, 2.45) is 0 Å². The lowest BCUT2D eigenvalue weighted by molar-refractivity contribution is 0.234. The van der Waals surface area contributed by atoms with Crippen molar-refractivity contribution in [3.05, 3.63) is 28.2 Å². The fourth-order valence-corrected chi connectivity index (χ4v) is 3.24. The average molecular weight is 354 g/mol. The quantitative estimate of drug-likeness (QED) is 0.871. The molecule has 0 saturated carbocycles. The van der Waals surface area contributed by atoms with E-state index in [1.54, 1.807) is 0 Å². The minimum absolute atomic E-state index is 0.392. The van der Waals surface area contributed by atoms with Gasteiger partial charge in [0.15, 0.2) is 0 Å². The van der Waals surface area contributed by atoms with Gasteiger partial charge in [-0.2, -0.15) is 0 Å². The molecule has 118 valence electrons. The summed E-state index contributed by atoms with van der Waals surface area (Å²) in [6.07, 6.45) is 1.17. The van der Waals surface area contributed by atoms with Gasteiger partial charge in [-0.3, -0.25) is 0 Å². The van der Waals surface area contributed by atoms with Crippen molar-refractivity contribution in [2.75, 3.05) is 38.1 Å². The summed E-state index contributed by atoms with van der Waals surface area (Å²) in [6, 6.07) is 7.68. The summed E-state index contributed by atoms with van der Waals surface area (Å²) in [5, 5.41) is 3.62. The predicted octanol–water partition coefficient (Wildman–Crippen LogP) is 3.65. The van der Waals surface area contributed by atoms with E-state index in [2.05, 4.69) is 77.1 Å². The van der Waals surface area contributed by atoms with Crippen molar-refractivity contribution in [2.45, 2.75) is 39.3 Å². The largest absolute Gasteiger partial charge is 0.368 e. The summed E-state index contributed by atoms with van der Waals surface area (Å²) in [5.41, 5.74) is 2.78. The zero-order valence-corrected chi connectivity index (χ0v) is 15.3. The molecule has 0 bridgehead atoms. The molecule has 1 aromatic carbocycles. The van der Waals surface area contributed by atoms with Crippen molar-refractivity contribution in [1.29, 1.82) is 0 Å². The van der Waals surface area contributed by atoms with Gasteiger partial charge in [-0.05, 0) is 51.6 Å². The van der Waals surface area contributed by atoms with E-state index in [1.165, 1.54) is 17.7 Å². The fraction of sp³-hybridized carbons (Fsp3) is 0.647. The van der Waals surface area contributed by atoms with Crippen LogP contribution in [0.2, 0.25) is 0 Å².